The third-order valence-corrected chi connectivity index (χ3v) is 4.48. The van der Waals surface area contributed by atoms with Gasteiger partial charge in [0.1, 0.15) is 5.69 Å². The largest absolute Gasteiger partial charge is 0.481 e. The number of amides is 1. The van der Waals surface area contributed by atoms with Crippen LogP contribution in [0.25, 0.3) is 10.9 Å². The number of carbonyl (C=O) groups is 2. The van der Waals surface area contributed by atoms with Crippen molar-refractivity contribution in [2.24, 2.45) is 5.92 Å². The van der Waals surface area contributed by atoms with E-state index in [1.54, 1.807) is 0 Å². The highest BCUT2D eigenvalue weighted by Gasteiger charge is 2.34. The molecule has 0 spiro atoms. The van der Waals surface area contributed by atoms with E-state index in [4.69, 9.17) is 0 Å². The molecule has 3 N–H and O–H groups in total. The van der Waals surface area contributed by atoms with Crippen LogP contribution in [0.2, 0.25) is 0 Å². The maximum Gasteiger partial charge on any atom is 0.308 e. The van der Waals surface area contributed by atoms with Crippen LogP contribution in [0.1, 0.15) is 40.9 Å². The zero-order valence-electron chi connectivity index (χ0n) is 12.8. The molecule has 0 unspecified atom stereocenters. The fourth-order valence-corrected chi connectivity index (χ4v) is 3.40. The van der Waals surface area contributed by atoms with Gasteiger partial charge in [-0.05, 0) is 49.9 Å². The first-order chi connectivity index (χ1) is 10.5. The van der Waals surface area contributed by atoms with Crippen LogP contribution >= 0.6 is 0 Å². The first-order valence-corrected chi connectivity index (χ1v) is 7.59. The fraction of sp³-hybridized carbons (Fsp3) is 0.412. The third kappa shape index (κ3) is 2.58. The summed E-state index contributed by atoms with van der Waals surface area (Å²) in [5.74, 6) is -1.53. The van der Waals surface area contributed by atoms with Crippen LogP contribution in [0.5, 0.6) is 0 Å². The molecule has 2 atom stereocenters. The smallest absolute Gasteiger partial charge is 0.308 e. The molecule has 1 saturated carbocycles. The Hall–Kier alpha value is -2.30. The Morgan fingerprint density at radius 2 is 2.00 bits per heavy atom. The van der Waals surface area contributed by atoms with E-state index in [2.05, 4.69) is 16.4 Å². The van der Waals surface area contributed by atoms with E-state index < -0.39 is 11.9 Å². The Balaban J connectivity index is 1.83. The van der Waals surface area contributed by atoms with Gasteiger partial charge in [-0.25, -0.2) is 0 Å². The van der Waals surface area contributed by atoms with Gasteiger partial charge in [0.25, 0.3) is 5.91 Å². The molecule has 0 saturated heterocycles. The summed E-state index contributed by atoms with van der Waals surface area (Å²) in [6.45, 7) is 4.03. The number of hydrogen-bond donors (Lipinski definition) is 3. The van der Waals surface area contributed by atoms with Gasteiger partial charge in [0.05, 0.1) is 5.92 Å². The van der Waals surface area contributed by atoms with Crippen molar-refractivity contribution in [2.75, 3.05) is 0 Å². The Kier molecular flexibility index (Phi) is 3.64. The fourth-order valence-electron chi connectivity index (χ4n) is 3.40. The predicted molar refractivity (Wildman–Crippen MR) is 84.0 cm³/mol. The number of carboxylic acids is 1. The minimum absolute atomic E-state index is 0.230. The molecule has 22 heavy (non-hydrogen) atoms. The van der Waals surface area contributed by atoms with E-state index in [0.29, 0.717) is 12.1 Å². The predicted octanol–water partition coefficient (Wildman–Crippen LogP) is 2.77. The molecule has 1 amide bonds. The number of carboxylic acid groups (broad SMARTS) is 1. The Morgan fingerprint density at radius 1 is 1.23 bits per heavy atom. The molecule has 0 aliphatic heterocycles. The molecular formula is C17H20N2O3. The van der Waals surface area contributed by atoms with Crippen LogP contribution in [0.4, 0.5) is 0 Å². The van der Waals surface area contributed by atoms with Gasteiger partial charge in [-0.2, -0.15) is 0 Å². The maximum atomic E-state index is 12.4. The van der Waals surface area contributed by atoms with E-state index in [1.165, 1.54) is 0 Å². The molecule has 1 fully saturated rings. The van der Waals surface area contributed by atoms with Crippen molar-refractivity contribution in [1.82, 2.24) is 10.3 Å². The van der Waals surface area contributed by atoms with Crippen molar-refractivity contribution < 1.29 is 14.7 Å². The van der Waals surface area contributed by atoms with E-state index >= 15 is 0 Å². The summed E-state index contributed by atoms with van der Waals surface area (Å²) in [6.07, 6.45) is 2.19. The van der Waals surface area contributed by atoms with E-state index in [0.717, 1.165) is 34.9 Å². The van der Waals surface area contributed by atoms with Crippen molar-refractivity contribution in [1.29, 1.82) is 0 Å². The number of carbonyl (C=O) groups excluding carboxylic acids is 1. The highest BCUT2D eigenvalue weighted by molar-refractivity contribution is 5.99. The van der Waals surface area contributed by atoms with Crippen LogP contribution in [0, 0.1) is 19.8 Å². The number of benzene rings is 1. The summed E-state index contributed by atoms with van der Waals surface area (Å²) in [6, 6.07) is 5.65. The molecule has 0 bridgehead atoms. The number of aryl methyl sites for hydroxylation is 2. The summed E-state index contributed by atoms with van der Waals surface area (Å²) < 4.78 is 0. The molecule has 5 heteroatoms. The molecule has 1 aliphatic carbocycles. The lowest BCUT2D eigenvalue weighted by molar-refractivity contribution is -0.142. The molecular weight excluding hydrogens is 280 g/mol. The molecule has 3 rings (SSSR count). The Morgan fingerprint density at radius 3 is 2.73 bits per heavy atom. The minimum Gasteiger partial charge on any atom is -0.481 e. The monoisotopic (exact) mass is 300 g/mol. The molecule has 1 aliphatic rings. The topological polar surface area (TPSA) is 82.2 Å². The first-order valence-electron chi connectivity index (χ1n) is 7.59. The van der Waals surface area contributed by atoms with Crippen molar-refractivity contribution in [3.05, 3.63) is 35.0 Å². The second-order valence-electron chi connectivity index (χ2n) is 6.18. The van der Waals surface area contributed by atoms with Crippen LogP contribution in [-0.2, 0) is 4.79 Å². The van der Waals surface area contributed by atoms with Gasteiger partial charge in [-0.15, -0.1) is 0 Å². The number of rotatable bonds is 3. The second kappa shape index (κ2) is 5.48. The lowest BCUT2D eigenvalue weighted by Crippen LogP contribution is -2.40. The molecule has 2 aromatic rings. The van der Waals surface area contributed by atoms with Crippen LogP contribution < -0.4 is 5.32 Å². The average Bonchev–Trinajstić information content (AvgIpc) is 3.04. The molecule has 0 radical (unpaired) electrons. The number of fused-ring (bicyclic) bond motifs is 1. The van der Waals surface area contributed by atoms with Gasteiger partial charge in [0, 0.05) is 16.9 Å². The summed E-state index contributed by atoms with van der Waals surface area (Å²) in [5.41, 5.74) is 3.68. The maximum absolute atomic E-state index is 12.4. The number of H-pyrrole nitrogens is 1. The van der Waals surface area contributed by atoms with E-state index in [-0.39, 0.29) is 11.9 Å². The van der Waals surface area contributed by atoms with Crippen LogP contribution in [0.3, 0.4) is 0 Å². The summed E-state index contributed by atoms with van der Waals surface area (Å²) in [7, 11) is 0. The standard InChI is InChI=1S/C17H20N2O3/c1-9-6-10(2)12-8-15(18-14(12)7-9)16(20)19-13-5-3-4-11(13)17(21)22/h6-8,11,13,18H,3-5H2,1-2H3,(H,19,20)(H,21,22)/t11-,13+/m0/s1. The Labute approximate surface area is 128 Å². The van der Waals surface area contributed by atoms with E-state index in [1.807, 2.05) is 26.0 Å². The number of aromatic amines is 1. The zero-order chi connectivity index (χ0) is 15.9. The lowest BCUT2D eigenvalue weighted by atomic mass is 10.0. The van der Waals surface area contributed by atoms with Gasteiger partial charge in [-0.3, -0.25) is 9.59 Å². The van der Waals surface area contributed by atoms with Gasteiger partial charge in [-0.1, -0.05) is 12.5 Å². The number of nitrogens with one attached hydrogen (secondary N) is 2. The summed E-state index contributed by atoms with van der Waals surface area (Å²) in [4.78, 5) is 26.7. The van der Waals surface area contributed by atoms with E-state index in [9.17, 15) is 14.7 Å². The highest BCUT2D eigenvalue weighted by atomic mass is 16.4. The number of aliphatic carboxylic acids is 1. The summed E-state index contributed by atoms with van der Waals surface area (Å²) in [5, 5.41) is 13.1. The SMILES string of the molecule is Cc1cc(C)c2cc(C(=O)N[C@@H]3CCC[C@@H]3C(=O)O)[nH]c2c1. The third-order valence-electron chi connectivity index (χ3n) is 4.48. The number of aromatic nitrogens is 1. The molecule has 1 aromatic carbocycles. The first kappa shape index (κ1) is 14.6. The van der Waals surface area contributed by atoms with Crippen molar-refractivity contribution in [3.63, 3.8) is 0 Å². The van der Waals surface area contributed by atoms with Gasteiger partial charge < -0.3 is 15.4 Å². The molecule has 1 heterocycles. The Bertz CT molecular complexity index is 748. The van der Waals surface area contributed by atoms with Crippen LogP contribution in [-0.4, -0.2) is 28.0 Å². The second-order valence-corrected chi connectivity index (χ2v) is 6.18. The molecule has 116 valence electrons. The highest BCUT2D eigenvalue weighted by Crippen LogP contribution is 2.27. The quantitative estimate of drug-likeness (QED) is 0.815. The zero-order valence-corrected chi connectivity index (χ0v) is 12.8. The summed E-state index contributed by atoms with van der Waals surface area (Å²) >= 11 is 0. The number of hydrogen-bond acceptors (Lipinski definition) is 2. The van der Waals surface area contributed by atoms with Crippen molar-refractivity contribution in [2.45, 2.75) is 39.2 Å². The van der Waals surface area contributed by atoms with Crippen LogP contribution in [0.15, 0.2) is 18.2 Å². The molecule has 1 aromatic heterocycles. The van der Waals surface area contributed by atoms with Gasteiger partial charge in [0.2, 0.25) is 0 Å². The normalized spacial score (nSPS) is 21.2. The molecule has 5 nitrogen and oxygen atoms in total. The minimum atomic E-state index is -0.828. The van der Waals surface area contributed by atoms with Crippen molar-refractivity contribution >= 4 is 22.8 Å². The van der Waals surface area contributed by atoms with Gasteiger partial charge in [0.15, 0.2) is 0 Å². The van der Waals surface area contributed by atoms with Gasteiger partial charge >= 0.3 is 5.97 Å². The lowest BCUT2D eigenvalue weighted by Gasteiger charge is -2.16. The van der Waals surface area contributed by atoms with Crippen molar-refractivity contribution in [3.8, 4) is 0 Å². The average molecular weight is 300 g/mol.